The van der Waals surface area contributed by atoms with Crippen LogP contribution in [0.5, 0.6) is 0 Å². The first-order valence-electron chi connectivity index (χ1n) is 10.2. The minimum Gasteiger partial charge on any atom is -0.374 e. The van der Waals surface area contributed by atoms with E-state index >= 15 is 0 Å². The fourth-order valence-corrected chi connectivity index (χ4v) is 3.47. The molecule has 166 valence electrons. The van der Waals surface area contributed by atoms with Crippen molar-refractivity contribution in [1.82, 2.24) is 10.3 Å². The summed E-state index contributed by atoms with van der Waals surface area (Å²) in [7, 11) is 0. The van der Waals surface area contributed by atoms with Crippen molar-refractivity contribution in [2.75, 3.05) is 0 Å². The van der Waals surface area contributed by atoms with Gasteiger partial charge >= 0.3 is 6.18 Å². The molecule has 2 aromatic carbocycles. The number of rotatable bonds is 6. The van der Waals surface area contributed by atoms with E-state index in [0.717, 1.165) is 28.3 Å². The highest BCUT2D eigenvalue weighted by atomic mass is 19.4. The fourth-order valence-electron chi connectivity index (χ4n) is 3.47. The number of hydrogen-bond donors (Lipinski definition) is 2. The predicted molar refractivity (Wildman–Crippen MR) is 116 cm³/mol. The standard InChI is InChI=1S/C25H24F3N3O/c1-15-4-6-18(7-5-15)21-10-20(11-22(12-21)23(32)13-29)17(3)31-16(2)19-8-9-24(30-14-19)25(26,27)28/h4-12,14,16-17,23,31-32H,1-3H3/t16-,17?,23?/m1/s1. The van der Waals surface area contributed by atoms with Gasteiger partial charge in [0.2, 0.25) is 0 Å². The van der Waals surface area contributed by atoms with E-state index in [1.807, 2.05) is 57.2 Å². The lowest BCUT2D eigenvalue weighted by Crippen LogP contribution is -2.23. The molecule has 0 aliphatic carbocycles. The summed E-state index contributed by atoms with van der Waals surface area (Å²) in [6, 6.07) is 17.2. The largest absolute Gasteiger partial charge is 0.433 e. The van der Waals surface area contributed by atoms with Gasteiger partial charge in [-0.2, -0.15) is 18.4 Å². The van der Waals surface area contributed by atoms with Gasteiger partial charge < -0.3 is 10.4 Å². The Hall–Kier alpha value is -3.21. The van der Waals surface area contributed by atoms with E-state index in [0.29, 0.717) is 11.1 Å². The first-order chi connectivity index (χ1) is 15.1. The normalized spacial score (nSPS) is 14.4. The van der Waals surface area contributed by atoms with Gasteiger partial charge in [-0.3, -0.25) is 4.98 Å². The van der Waals surface area contributed by atoms with E-state index in [1.54, 1.807) is 12.1 Å². The van der Waals surface area contributed by atoms with Crippen LogP contribution in [0.3, 0.4) is 0 Å². The molecule has 1 aromatic heterocycles. The molecule has 0 aliphatic rings. The van der Waals surface area contributed by atoms with Crippen molar-refractivity contribution in [3.63, 3.8) is 0 Å². The summed E-state index contributed by atoms with van der Waals surface area (Å²) >= 11 is 0. The third-order valence-electron chi connectivity index (χ3n) is 5.38. The molecule has 2 N–H and O–H groups in total. The summed E-state index contributed by atoms with van der Waals surface area (Å²) in [4.78, 5) is 3.53. The Labute approximate surface area is 185 Å². The molecule has 3 atom stereocenters. The first-order valence-corrected chi connectivity index (χ1v) is 10.2. The van der Waals surface area contributed by atoms with Crippen LogP contribution in [0.2, 0.25) is 0 Å². The van der Waals surface area contributed by atoms with Gasteiger partial charge in [-0.05, 0) is 66.8 Å². The zero-order valence-corrected chi connectivity index (χ0v) is 18.0. The highest BCUT2D eigenvalue weighted by Crippen LogP contribution is 2.31. The molecule has 0 saturated carbocycles. The summed E-state index contributed by atoms with van der Waals surface area (Å²) in [5, 5.41) is 22.7. The molecule has 3 rings (SSSR count). The number of nitrogens with zero attached hydrogens (tertiary/aromatic N) is 2. The molecule has 0 radical (unpaired) electrons. The molecule has 0 bridgehead atoms. The third kappa shape index (κ3) is 5.52. The van der Waals surface area contributed by atoms with Gasteiger partial charge in [0.25, 0.3) is 0 Å². The molecule has 2 unspecified atom stereocenters. The summed E-state index contributed by atoms with van der Waals surface area (Å²) in [5.74, 6) is 0. The van der Waals surface area contributed by atoms with Crippen LogP contribution in [-0.2, 0) is 6.18 Å². The second kappa shape index (κ2) is 9.51. The number of pyridine rings is 1. The summed E-state index contributed by atoms with van der Waals surface area (Å²) in [6.07, 6.45) is -4.51. The molecule has 4 nitrogen and oxygen atoms in total. The number of aryl methyl sites for hydroxylation is 1. The molecule has 0 spiro atoms. The van der Waals surface area contributed by atoms with Crippen molar-refractivity contribution < 1.29 is 18.3 Å². The molecular weight excluding hydrogens is 415 g/mol. The van der Waals surface area contributed by atoms with Crippen LogP contribution in [0.4, 0.5) is 13.2 Å². The Morgan fingerprint density at radius 3 is 2.09 bits per heavy atom. The number of hydrogen-bond acceptors (Lipinski definition) is 4. The molecule has 1 heterocycles. The molecule has 7 heteroatoms. The second-order valence-electron chi connectivity index (χ2n) is 7.87. The topological polar surface area (TPSA) is 68.9 Å². The predicted octanol–water partition coefficient (Wildman–Crippen LogP) is 6.04. The minimum absolute atomic E-state index is 0.206. The number of halogens is 3. The Morgan fingerprint density at radius 2 is 1.53 bits per heavy atom. The third-order valence-corrected chi connectivity index (χ3v) is 5.38. The van der Waals surface area contributed by atoms with E-state index in [1.165, 1.54) is 12.3 Å². The highest BCUT2D eigenvalue weighted by molar-refractivity contribution is 5.66. The van der Waals surface area contributed by atoms with Gasteiger partial charge in [-0.15, -0.1) is 0 Å². The Balaban J connectivity index is 1.87. The molecule has 0 fully saturated rings. The van der Waals surface area contributed by atoms with Crippen molar-refractivity contribution in [2.45, 2.75) is 45.1 Å². The average molecular weight is 439 g/mol. The van der Waals surface area contributed by atoms with Crippen LogP contribution < -0.4 is 5.32 Å². The van der Waals surface area contributed by atoms with Gasteiger partial charge in [0.05, 0.1) is 6.07 Å². The lowest BCUT2D eigenvalue weighted by Gasteiger charge is -2.22. The Morgan fingerprint density at radius 1 is 0.906 bits per heavy atom. The summed E-state index contributed by atoms with van der Waals surface area (Å²) < 4.78 is 38.3. The van der Waals surface area contributed by atoms with E-state index in [-0.39, 0.29) is 12.1 Å². The molecule has 32 heavy (non-hydrogen) atoms. The highest BCUT2D eigenvalue weighted by Gasteiger charge is 2.32. The lowest BCUT2D eigenvalue weighted by atomic mass is 9.94. The fraction of sp³-hybridized carbons (Fsp3) is 0.280. The van der Waals surface area contributed by atoms with Crippen LogP contribution >= 0.6 is 0 Å². The zero-order chi connectivity index (χ0) is 23.5. The molecule has 0 aliphatic heterocycles. The maximum absolute atomic E-state index is 12.8. The number of benzene rings is 2. The Kier molecular flexibility index (Phi) is 6.97. The minimum atomic E-state index is -4.48. The van der Waals surface area contributed by atoms with Crippen LogP contribution in [0.1, 0.15) is 60.0 Å². The molecule has 0 saturated heterocycles. The number of nitrogens with one attached hydrogen (secondary N) is 1. The van der Waals surface area contributed by atoms with Gasteiger partial charge in [-0.1, -0.05) is 42.0 Å². The number of aliphatic hydroxyl groups is 1. The van der Waals surface area contributed by atoms with Crippen LogP contribution in [0.15, 0.2) is 60.8 Å². The summed E-state index contributed by atoms with van der Waals surface area (Å²) in [5.41, 5.74) is 3.97. The van der Waals surface area contributed by atoms with Crippen molar-refractivity contribution in [3.05, 3.63) is 88.7 Å². The van der Waals surface area contributed by atoms with E-state index < -0.39 is 18.0 Å². The monoisotopic (exact) mass is 439 g/mol. The van der Waals surface area contributed by atoms with Crippen molar-refractivity contribution in [3.8, 4) is 17.2 Å². The average Bonchev–Trinajstić information content (AvgIpc) is 2.78. The molecular formula is C25H24F3N3O. The van der Waals surface area contributed by atoms with Gasteiger partial charge in [-0.25, -0.2) is 0 Å². The Bertz CT molecular complexity index is 1100. The number of nitriles is 1. The second-order valence-corrected chi connectivity index (χ2v) is 7.87. The van der Waals surface area contributed by atoms with Crippen molar-refractivity contribution >= 4 is 0 Å². The number of aromatic nitrogens is 1. The van der Waals surface area contributed by atoms with E-state index in [2.05, 4.69) is 10.3 Å². The first kappa shape index (κ1) is 23.5. The number of alkyl halides is 3. The van der Waals surface area contributed by atoms with Gasteiger partial charge in [0.1, 0.15) is 5.69 Å². The van der Waals surface area contributed by atoms with E-state index in [9.17, 15) is 23.5 Å². The van der Waals surface area contributed by atoms with Crippen LogP contribution in [-0.4, -0.2) is 10.1 Å². The maximum atomic E-state index is 12.8. The van der Waals surface area contributed by atoms with Crippen molar-refractivity contribution in [2.24, 2.45) is 0 Å². The van der Waals surface area contributed by atoms with Crippen LogP contribution in [0, 0.1) is 18.3 Å². The van der Waals surface area contributed by atoms with Gasteiger partial charge in [0, 0.05) is 18.3 Å². The van der Waals surface area contributed by atoms with Crippen molar-refractivity contribution in [1.29, 1.82) is 5.26 Å². The quantitative estimate of drug-likeness (QED) is 0.459. The maximum Gasteiger partial charge on any atom is 0.433 e. The van der Waals surface area contributed by atoms with E-state index in [4.69, 9.17) is 0 Å². The van der Waals surface area contributed by atoms with Crippen LogP contribution in [0.25, 0.3) is 11.1 Å². The number of aliphatic hydroxyl groups excluding tert-OH is 1. The molecule has 3 aromatic rings. The van der Waals surface area contributed by atoms with Gasteiger partial charge in [0.15, 0.2) is 6.10 Å². The SMILES string of the molecule is Cc1ccc(-c2cc(C(O)C#N)cc(C(C)N[C@H](C)c3ccc(C(F)(F)F)nc3)c2)cc1. The smallest absolute Gasteiger partial charge is 0.374 e. The summed E-state index contributed by atoms with van der Waals surface area (Å²) in [6.45, 7) is 5.76. The molecule has 0 amide bonds. The lowest BCUT2D eigenvalue weighted by molar-refractivity contribution is -0.141. The zero-order valence-electron chi connectivity index (χ0n) is 18.0.